The van der Waals surface area contributed by atoms with Crippen LogP contribution in [0.15, 0.2) is 12.3 Å². The van der Waals surface area contributed by atoms with Gasteiger partial charge < -0.3 is 15.8 Å². The summed E-state index contributed by atoms with van der Waals surface area (Å²) >= 11 is 0. The summed E-state index contributed by atoms with van der Waals surface area (Å²) in [6, 6.07) is 3.75. The summed E-state index contributed by atoms with van der Waals surface area (Å²) in [5.74, 6) is 0.992. The van der Waals surface area contributed by atoms with E-state index in [2.05, 4.69) is 24.1 Å². The minimum atomic E-state index is 0.141. The van der Waals surface area contributed by atoms with E-state index in [1.807, 2.05) is 6.07 Å². The van der Waals surface area contributed by atoms with Crippen LogP contribution in [0.4, 0.5) is 11.5 Å². The molecule has 0 aromatic carbocycles. The number of pyridine rings is 1. The molecule has 1 heterocycles. The van der Waals surface area contributed by atoms with Crippen LogP contribution in [-0.4, -0.2) is 24.7 Å². The predicted octanol–water partition coefficient (Wildman–Crippen LogP) is 1.62. The molecule has 5 heteroatoms. The highest BCUT2D eigenvalue weighted by atomic mass is 16.5. The molecule has 1 rings (SSSR count). The van der Waals surface area contributed by atoms with Crippen LogP contribution in [0.1, 0.15) is 19.4 Å². The first kappa shape index (κ1) is 13.3. The van der Waals surface area contributed by atoms with Gasteiger partial charge >= 0.3 is 0 Å². The van der Waals surface area contributed by atoms with E-state index >= 15 is 0 Å². The molecule has 0 aliphatic rings. The summed E-state index contributed by atoms with van der Waals surface area (Å²) in [4.78, 5) is 4.14. The molecule has 0 fully saturated rings. The second kappa shape index (κ2) is 6.06. The van der Waals surface area contributed by atoms with E-state index in [9.17, 15) is 0 Å². The van der Waals surface area contributed by atoms with E-state index in [1.165, 1.54) is 6.20 Å². The molecule has 0 radical (unpaired) electrons. The molecule has 0 saturated heterocycles. The molecule has 92 valence electrons. The van der Waals surface area contributed by atoms with Gasteiger partial charge in [-0.25, -0.2) is 4.98 Å². The molecule has 1 aromatic rings. The van der Waals surface area contributed by atoms with Gasteiger partial charge in [0.05, 0.1) is 23.9 Å². The van der Waals surface area contributed by atoms with Gasteiger partial charge in [-0.05, 0) is 12.0 Å². The molecule has 5 nitrogen and oxygen atoms in total. The fourth-order valence-electron chi connectivity index (χ4n) is 1.42. The molecule has 3 N–H and O–H groups in total. The fourth-order valence-corrected chi connectivity index (χ4v) is 1.42. The van der Waals surface area contributed by atoms with Gasteiger partial charge in [-0.3, -0.25) is 0 Å². The van der Waals surface area contributed by atoms with Crippen molar-refractivity contribution < 1.29 is 4.74 Å². The molecule has 0 bridgehead atoms. The van der Waals surface area contributed by atoms with Crippen molar-refractivity contribution in [1.82, 2.24) is 4.98 Å². The molecule has 1 atom stereocenters. The second-order valence-electron chi connectivity index (χ2n) is 4.22. The molecule has 0 aliphatic heterocycles. The van der Waals surface area contributed by atoms with Crippen LogP contribution < -0.4 is 11.1 Å². The predicted molar refractivity (Wildman–Crippen MR) is 67.5 cm³/mol. The van der Waals surface area contributed by atoms with Gasteiger partial charge in [0.15, 0.2) is 0 Å². The third kappa shape index (κ3) is 3.61. The quantitative estimate of drug-likeness (QED) is 0.808. The first-order valence-corrected chi connectivity index (χ1v) is 5.49. The molecular weight excluding hydrogens is 216 g/mol. The highest BCUT2D eigenvalue weighted by Gasteiger charge is 2.14. The molecule has 1 unspecified atom stereocenters. The van der Waals surface area contributed by atoms with Crippen molar-refractivity contribution in [2.24, 2.45) is 5.92 Å². The van der Waals surface area contributed by atoms with E-state index < -0.39 is 0 Å². The second-order valence-corrected chi connectivity index (χ2v) is 4.22. The monoisotopic (exact) mass is 234 g/mol. The largest absolute Gasteiger partial charge is 0.396 e. The first-order valence-electron chi connectivity index (χ1n) is 5.49. The Labute approximate surface area is 102 Å². The SMILES string of the molecule is COCC(Nc1ncc(C#N)cc1N)C(C)C. The number of nitrogen functional groups attached to an aromatic ring is 1. The zero-order chi connectivity index (χ0) is 12.8. The Hall–Kier alpha value is -1.80. The summed E-state index contributed by atoms with van der Waals surface area (Å²) < 4.78 is 5.14. The summed E-state index contributed by atoms with van der Waals surface area (Å²) in [6.07, 6.45) is 1.50. The minimum absolute atomic E-state index is 0.141. The maximum Gasteiger partial charge on any atom is 0.149 e. The van der Waals surface area contributed by atoms with Gasteiger partial charge in [-0.2, -0.15) is 5.26 Å². The number of rotatable bonds is 5. The average molecular weight is 234 g/mol. The number of nitriles is 1. The van der Waals surface area contributed by atoms with Crippen LogP contribution in [0.5, 0.6) is 0 Å². The van der Waals surface area contributed by atoms with Gasteiger partial charge in [-0.15, -0.1) is 0 Å². The Morgan fingerprint density at radius 2 is 2.29 bits per heavy atom. The van der Waals surface area contributed by atoms with Crippen molar-refractivity contribution in [3.05, 3.63) is 17.8 Å². The zero-order valence-electron chi connectivity index (χ0n) is 10.4. The Bertz CT molecular complexity index is 411. The lowest BCUT2D eigenvalue weighted by Gasteiger charge is -2.22. The first-order chi connectivity index (χ1) is 8.08. The lowest BCUT2D eigenvalue weighted by Crippen LogP contribution is -2.31. The number of nitrogens with one attached hydrogen (secondary N) is 1. The highest BCUT2D eigenvalue weighted by Crippen LogP contribution is 2.19. The highest BCUT2D eigenvalue weighted by molar-refractivity contribution is 5.63. The smallest absolute Gasteiger partial charge is 0.149 e. The summed E-state index contributed by atoms with van der Waals surface area (Å²) in [5, 5.41) is 11.9. The summed E-state index contributed by atoms with van der Waals surface area (Å²) in [7, 11) is 1.66. The maximum absolute atomic E-state index is 8.72. The Balaban J connectivity index is 2.83. The van der Waals surface area contributed by atoms with E-state index in [4.69, 9.17) is 15.7 Å². The van der Waals surface area contributed by atoms with E-state index in [0.29, 0.717) is 29.6 Å². The lowest BCUT2D eigenvalue weighted by molar-refractivity contribution is 0.171. The van der Waals surface area contributed by atoms with Crippen LogP contribution >= 0.6 is 0 Å². The average Bonchev–Trinajstić information content (AvgIpc) is 2.30. The third-order valence-corrected chi connectivity index (χ3v) is 2.52. The molecule has 0 saturated carbocycles. The standard InChI is InChI=1S/C12H18N4O/c1-8(2)11(7-17-3)16-12-10(14)4-9(5-13)6-15-12/h4,6,8,11H,7,14H2,1-3H3,(H,15,16). The van der Waals surface area contributed by atoms with Crippen LogP contribution in [0.25, 0.3) is 0 Å². The zero-order valence-corrected chi connectivity index (χ0v) is 10.4. The Morgan fingerprint density at radius 3 is 2.76 bits per heavy atom. The van der Waals surface area contributed by atoms with Crippen molar-refractivity contribution in [3.63, 3.8) is 0 Å². The Kier molecular flexibility index (Phi) is 4.73. The van der Waals surface area contributed by atoms with Crippen molar-refractivity contribution in [1.29, 1.82) is 5.26 Å². The van der Waals surface area contributed by atoms with Gasteiger partial charge in [-0.1, -0.05) is 13.8 Å². The topological polar surface area (TPSA) is 84.0 Å². The lowest BCUT2D eigenvalue weighted by atomic mass is 10.1. The van der Waals surface area contributed by atoms with Gasteiger partial charge in [0.2, 0.25) is 0 Å². The number of aromatic nitrogens is 1. The molecular formula is C12H18N4O. The van der Waals surface area contributed by atoms with Crippen molar-refractivity contribution in [3.8, 4) is 6.07 Å². The van der Waals surface area contributed by atoms with Crippen molar-refractivity contribution in [2.75, 3.05) is 24.8 Å². The van der Waals surface area contributed by atoms with E-state index in [1.54, 1.807) is 13.2 Å². The van der Waals surface area contributed by atoms with Crippen molar-refractivity contribution >= 4 is 11.5 Å². The maximum atomic E-state index is 8.72. The number of methoxy groups -OCH3 is 1. The molecule has 17 heavy (non-hydrogen) atoms. The molecule has 0 amide bonds. The van der Waals surface area contributed by atoms with Crippen LogP contribution in [-0.2, 0) is 4.74 Å². The molecule has 1 aromatic heterocycles. The fraction of sp³-hybridized carbons (Fsp3) is 0.500. The summed E-state index contributed by atoms with van der Waals surface area (Å²) in [5.41, 5.74) is 6.76. The third-order valence-electron chi connectivity index (χ3n) is 2.52. The summed E-state index contributed by atoms with van der Waals surface area (Å²) in [6.45, 7) is 4.77. The van der Waals surface area contributed by atoms with Gasteiger partial charge in [0, 0.05) is 13.3 Å². The van der Waals surface area contributed by atoms with E-state index in [0.717, 1.165) is 0 Å². The van der Waals surface area contributed by atoms with Crippen molar-refractivity contribution in [2.45, 2.75) is 19.9 Å². The van der Waals surface area contributed by atoms with Crippen LogP contribution in [0, 0.1) is 17.2 Å². The molecule has 0 spiro atoms. The van der Waals surface area contributed by atoms with Crippen LogP contribution in [0.2, 0.25) is 0 Å². The van der Waals surface area contributed by atoms with Gasteiger partial charge in [0.25, 0.3) is 0 Å². The number of ether oxygens (including phenoxy) is 1. The van der Waals surface area contributed by atoms with Crippen LogP contribution in [0.3, 0.4) is 0 Å². The normalized spacial score (nSPS) is 12.2. The van der Waals surface area contributed by atoms with Gasteiger partial charge in [0.1, 0.15) is 11.9 Å². The molecule has 0 aliphatic carbocycles. The minimum Gasteiger partial charge on any atom is -0.396 e. The number of nitrogens with zero attached hydrogens (tertiary/aromatic N) is 2. The Morgan fingerprint density at radius 1 is 1.59 bits per heavy atom. The number of hydrogen-bond acceptors (Lipinski definition) is 5. The van der Waals surface area contributed by atoms with E-state index in [-0.39, 0.29) is 6.04 Å². The number of hydrogen-bond donors (Lipinski definition) is 2. The number of anilines is 2. The number of nitrogens with two attached hydrogens (primary N) is 1.